The third kappa shape index (κ3) is 3.26. The number of carbonyl (C=O) groups excluding carboxylic acids is 1. The molecule has 1 heterocycles. The quantitative estimate of drug-likeness (QED) is 0.745. The van der Waals surface area contributed by atoms with Gasteiger partial charge in [0.1, 0.15) is 0 Å². The van der Waals surface area contributed by atoms with Crippen LogP contribution in [-0.4, -0.2) is 39.9 Å². The smallest absolute Gasteiger partial charge is 0.253 e. The van der Waals surface area contributed by atoms with Gasteiger partial charge in [0, 0.05) is 16.9 Å². The number of hydrogen-bond donors (Lipinski definition) is 3. The van der Waals surface area contributed by atoms with Crippen molar-refractivity contribution in [3.63, 3.8) is 0 Å². The van der Waals surface area contributed by atoms with Crippen molar-refractivity contribution in [2.45, 2.75) is 12.5 Å². The van der Waals surface area contributed by atoms with Gasteiger partial charge in [0.2, 0.25) is 0 Å². The van der Waals surface area contributed by atoms with Crippen LogP contribution in [0.5, 0.6) is 0 Å². The highest BCUT2D eigenvalue weighted by Crippen LogP contribution is 2.11. The Bertz CT molecular complexity index is 380. The van der Waals surface area contributed by atoms with Crippen molar-refractivity contribution in [3.05, 3.63) is 28.5 Å². The summed E-state index contributed by atoms with van der Waals surface area (Å²) in [6.07, 6.45) is 2.98. The minimum absolute atomic E-state index is 0.337. The predicted molar refractivity (Wildman–Crippen MR) is 62.0 cm³/mol. The molecule has 5 nitrogen and oxygen atoms in total. The average Bonchev–Trinajstić information content (AvgIpc) is 2.29. The van der Waals surface area contributed by atoms with Gasteiger partial charge in [-0.05, 0) is 28.9 Å². The Hall–Kier alpha value is -0.980. The lowest BCUT2D eigenvalue weighted by atomic mass is 10.0. The van der Waals surface area contributed by atoms with Crippen LogP contribution < -0.4 is 5.32 Å². The molecule has 1 aromatic rings. The van der Waals surface area contributed by atoms with Crippen molar-refractivity contribution < 1.29 is 15.0 Å². The molecule has 3 N–H and O–H groups in total. The first kappa shape index (κ1) is 13.1. The second kappa shape index (κ2) is 5.38. The number of nitrogens with one attached hydrogen (secondary N) is 1. The van der Waals surface area contributed by atoms with E-state index >= 15 is 0 Å². The lowest BCUT2D eigenvalue weighted by molar-refractivity contribution is 0.0723. The van der Waals surface area contributed by atoms with E-state index in [0.29, 0.717) is 10.0 Å². The van der Waals surface area contributed by atoms with Crippen molar-refractivity contribution in [1.82, 2.24) is 10.3 Å². The minimum atomic E-state index is -1.03. The fourth-order valence-electron chi connectivity index (χ4n) is 1.01. The first-order valence-corrected chi connectivity index (χ1v) is 5.45. The number of nitrogens with zero attached hydrogens (tertiary/aromatic N) is 1. The molecule has 0 aliphatic carbocycles. The zero-order chi connectivity index (χ0) is 12.2. The molecule has 0 atom stereocenters. The van der Waals surface area contributed by atoms with Gasteiger partial charge in [0.05, 0.1) is 24.3 Å². The summed E-state index contributed by atoms with van der Waals surface area (Å²) < 4.78 is 0.690. The van der Waals surface area contributed by atoms with Gasteiger partial charge in [-0.2, -0.15) is 0 Å². The summed E-state index contributed by atoms with van der Waals surface area (Å²) in [6.45, 7) is 0.879. The zero-order valence-electron chi connectivity index (χ0n) is 8.77. The fourth-order valence-corrected chi connectivity index (χ4v) is 1.38. The van der Waals surface area contributed by atoms with Gasteiger partial charge in [-0.3, -0.25) is 9.78 Å². The van der Waals surface area contributed by atoms with E-state index in [1.54, 1.807) is 19.2 Å². The average molecular weight is 289 g/mol. The Labute approximate surface area is 102 Å². The Morgan fingerprint density at radius 1 is 1.50 bits per heavy atom. The lowest BCUT2D eigenvalue weighted by Gasteiger charge is -2.26. The molecule has 0 fully saturated rings. The Balaban J connectivity index is 2.80. The third-order valence-corrected chi connectivity index (χ3v) is 2.51. The molecule has 1 rings (SSSR count). The van der Waals surface area contributed by atoms with Gasteiger partial charge in [0.25, 0.3) is 5.91 Å². The third-order valence-electron chi connectivity index (χ3n) is 2.08. The molecule has 1 amide bonds. The largest absolute Gasteiger partial charge is 0.394 e. The predicted octanol–water partition coefficient (Wildman–Crippen LogP) is 0.317. The summed E-state index contributed by atoms with van der Waals surface area (Å²) in [5, 5.41) is 20.6. The number of carbonyl (C=O) groups is 1. The monoisotopic (exact) mass is 288 g/mol. The van der Waals surface area contributed by atoms with Crippen molar-refractivity contribution in [2.24, 2.45) is 0 Å². The summed E-state index contributed by atoms with van der Waals surface area (Å²) in [4.78, 5) is 15.6. The molecule has 0 unspecified atom stereocenters. The van der Waals surface area contributed by atoms with Crippen molar-refractivity contribution in [3.8, 4) is 0 Å². The normalized spacial score (nSPS) is 11.2. The van der Waals surface area contributed by atoms with E-state index in [-0.39, 0.29) is 19.1 Å². The molecule has 0 saturated heterocycles. The number of aliphatic hydroxyl groups excluding tert-OH is 2. The lowest BCUT2D eigenvalue weighted by Crippen LogP contribution is -2.51. The number of rotatable bonds is 4. The molecule has 0 bridgehead atoms. The molecule has 0 aromatic carbocycles. The standard InChI is InChI=1S/C10H13BrN2O3/c1-10(5-14,6-15)13-9(16)7-2-8(11)4-12-3-7/h2-4,14-15H,5-6H2,1H3,(H,13,16). The molecular formula is C10H13BrN2O3. The highest BCUT2D eigenvalue weighted by atomic mass is 79.9. The number of hydrogen-bond acceptors (Lipinski definition) is 4. The van der Waals surface area contributed by atoms with Crippen LogP contribution in [0, 0.1) is 0 Å². The van der Waals surface area contributed by atoms with Crippen LogP contribution in [0.4, 0.5) is 0 Å². The van der Waals surface area contributed by atoms with E-state index in [1.807, 2.05) is 0 Å². The number of amides is 1. The molecular weight excluding hydrogens is 276 g/mol. The van der Waals surface area contributed by atoms with Crippen LogP contribution >= 0.6 is 15.9 Å². The first-order chi connectivity index (χ1) is 7.50. The molecule has 0 radical (unpaired) electrons. The molecule has 88 valence electrons. The Kier molecular flexibility index (Phi) is 4.40. The highest BCUT2D eigenvalue weighted by Gasteiger charge is 2.25. The van der Waals surface area contributed by atoms with Gasteiger partial charge in [-0.1, -0.05) is 0 Å². The van der Waals surface area contributed by atoms with E-state index in [9.17, 15) is 4.79 Å². The molecule has 1 aromatic heterocycles. The molecule has 0 spiro atoms. The van der Waals surface area contributed by atoms with Crippen molar-refractivity contribution in [1.29, 1.82) is 0 Å². The number of aromatic nitrogens is 1. The van der Waals surface area contributed by atoms with Gasteiger partial charge in [-0.25, -0.2) is 0 Å². The Morgan fingerprint density at radius 2 is 2.12 bits per heavy atom. The second-order valence-corrected chi connectivity index (χ2v) is 4.64. The van der Waals surface area contributed by atoms with E-state index in [0.717, 1.165) is 0 Å². The van der Waals surface area contributed by atoms with E-state index in [1.165, 1.54) is 6.20 Å². The van der Waals surface area contributed by atoms with Gasteiger partial charge >= 0.3 is 0 Å². The summed E-state index contributed by atoms with van der Waals surface area (Å²) in [5.41, 5.74) is -0.665. The minimum Gasteiger partial charge on any atom is -0.394 e. The van der Waals surface area contributed by atoms with E-state index < -0.39 is 5.54 Å². The molecule has 16 heavy (non-hydrogen) atoms. The molecule has 0 saturated carbocycles. The van der Waals surface area contributed by atoms with Crippen LogP contribution in [0.15, 0.2) is 22.9 Å². The van der Waals surface area contributed by atoms with Crippen LogP contribution in [0.1, 0.15) is 17.3 Å². The second-order valence-electron chi connectivity index (χ2n) is 3.72. The molecule has 0 aliphatic rings. The van der Waals surface area contributed by atoms with Crippen molar-refractivity contribution >= 4 is 21.8 Å². The van der Waals surface area contributed by atoms with E-state index in [2.05, 4.69) is 26.2 Å². The van der Waals surface area contributed by atoms with Crippen LogP contribution in [0.25, 0.3) is 0 Å². The highest BCUT2D eigenvalue weighted by molar-refractivity contribution is 9.10. The maximum atomic E-state index is 11.7. The summed E-state index contributed by atoms with van der Waals surface area (Å²) >= 11 is 3.20. The van der Waals surface area contributed by atoms with Gasteiger partial charge < -0.3 is 15.5 Å². The summed E-state index contributed by atoms with van der Waals surface area (Å²) in [5.74, 6) is -0.389. The number of halogens is 1. The van der Waals surface area contributed by atoms with Crippen LogP contribution in [-0.2, 0) is 0 Å². The molecule has 0 aliphatic heterocycles. The summed E-state index contributed by atoms with van der Waals surface area (Å²) in [7, 11) is 0. The van der Waals surface area contributed by atoms with Gasteiger partial charge in [0.15, 0.2) is 0 Å². The van der Waals surface area contributed by atoms with Crippen molar-refractivity contribution in [2.75, 3.05) is 13.2 Å². The SMILES string of the molecule is CC(CO)(CO)NC(=O)c1cncc(Br)c1. The molecule has 6 heteroatoms. The van der Waals surface area contributed by atoms with Gasteiger partial charge in [-0.15, -0.1) is 0 Å². The van der Waals surface area contributed by atoms with E-state index in [4.69, 9.17) is 10.2 Å². The summed E-state index contributed by atoms with van der Waals surface area (Å²) in [6, 6.07) is 1.61. The fraction of sp³-hybridized carbons (Fsp3) is 0.400. The first-order valence-electron chi connectivity index (χ1n) is 4.65. The van der Waals surface area contributed by atoms with Crippen LogP contribution in [0.3, 0.4) is 0 Å². The number of aliphatic hydroxyl groups is 2. The zero-order valence-corrected chi connectivity index (χ0v) is 10.4. The van der Waals surface area contributed by atoms with Crippen LogP contribution in [0.2, 0.25) is 0 Å². The Morgan fingerprint density at radius 3 is 2.62 bits per heavy atom. The topological polar surface area (TPSA) is 82.5 Å². The maximum absolute atomic E-state index is 11.7. The maximum Gasteiger partial charge on any atom is 0.253 e. The number of pyridine rings is 1.